The molecule has 0 spiro atoms. The number of nitrogen functional groups attached to an aromatic ring is 3. The van der Waals surface area contributed by atoms with Gasteiger partial charge < -0.3 is 97.2 Å². The number of aromatic nitrogens is 19. The van der Waals surface area contributed by atoms with Crippen molar-refractivity contribution in [1.82, 2.24) is 92.7 Å². The maximum Gasteiger partial charge on any atom is 0.386 e. The minimum absolute atomic E-state index is 0.0108. The average molecular weight is 2100 g/mol. The lowest BCUT2D eigenvalue weighted by molar-refractivity contribution is -0.0619. The number of carbonyl (C=O) groups excluding carboxylic acids is 3. The minimum Gasteiger partial charge on any atom is -0.369 e. The molecule has 133 heavy (non-hydrogen) atoms. The van der Waals surface area contributed by atoms with Gasteiger partial charge in [-0.15, -0.1) is 5.10 Å². The Morgan fingerprint density at radius 3 is 1.18 bits per heavy atom. The Labute approximate surface area is 767 Å². The number of aliphatic imine (C=N–C) groups is 3. The molecule has 6 unspecified atom stereocenters. The number of Topliss-reactive ketones (excluding diaryl/α,β-unsaturated/α-hetero) is 3. The fourth-order valence-corrected chi connectivity index (χ4v) is 24.7. The largest absolute Gasteiger partial charge is 0.386 e. The van der Waals surface area contributed by atoms with Crippen LogP contribution in [-0.4, -0.2) is 291 Å². The number of carbonyl (C=O) groups is 3. The number of imidazole rings is 5. The number of hydrogen-bond acceptors (Lipinski definition) is 46. The van der Waals surface area contributed by atoms with Crippen LogP contribution in [0.2, 0.25) is 0 Å². The second kappa shape index (κ2) is 36.5. The highest BCUT2D eigenvalue weighted by Crippen LogP contribution is 2.61. The van der Waals surface area contributed by atoms with Crippen molar-refractivity contribution in [1.29, 1.82) is 0 Å². The van der Waals surface area contributed by atoms with E-state index >= 15 is 17.6 Å². The summed E-state index contributed by atoms with van der Waals surface area (Å²) in [4.78, 5) is 180. The van der Waals surface area contributed by atoms with Crippen LogP contribution in [0.4, 0.5) is 52.9 Å². The zero-order chi connectivity index (χ0) is 93.8. The number of nitrogens with two attached hydrogens (primary N) is 3. The number of H-pyrrole nitrogens is 3. The summed E-state index contributed by atoms with van der Waals surface area (Å²) < 4.78 is 187. The Kier molecular flexibility index (Phi) is 25.9. The average Bonchev–Trinajstić information content (AvgIpc) is 1.62. The van der Waals surface area contributed by atoms with Crippen molar-refractivity contribution >= 4 is 216 Å². The van der Waals surface area contributed by atoms with Crippen molar-refractivity contribution in [2.75, 3.05) is 56.8 Å². The summed E-state index contributed by atoms with van der Waals surface area (Å²) in [7, 11) is 0. The number of ketones is 3. The maximum absolute atomic E-state index is 16.0. The van der Waals surface area contributed by atoms with E-state index in [1.54, 1.807) is 0 Å². The first kappa shape index (κ1) is 94.6. The van der Waals surface area contributed by atoms with Gasteiger partial charge in [-0.1, -0.05) is 17.5 Å². The van der Waals surface area contributed by atoms with E-state index in [1.807, 2.05) is 0 Å². The Morgan fingerprint density at radius 1 is 0.391 bits per heavy atom. The van der Waals surface area contributed by atoms with Crippen LogP contribution in [0.1, 0.15) is 101 Å². The Morgan fingerprint density at radius 2 is 0.737 bits per heavy atom. The summed E-state index contributed by atoms with van der Waals surface area (Å²) in [5, 5.41) is 7.63. The van der Waals surface area contributed by atoms with Crippen LogP contribution in [0.25, 0.3) is 33.5 Å². The number of hydrogen-bond donors (Lipinski definition) is 12. The number of aromatic amines is 3. The van der Waals surface area contributed by atoms with E-state index in [0.717, 1.165) is 15.6 Å². The molecule has 55 nitrogen and oxygen atoms in total. The maximum atomic E-state index is 16.0. The summed E-state index contributed by atoms with van der Waals surface area (Å²) >= 11 is 30.0. The molecule has 71 heteroatoms. The molecule has 28 atom stereocenters. The van der Waals surface area contributed by atoms with E-state index in [2.05, 4.69) is 92.4 Å². The molecule has 0 aliphatic carbocycles. The fourth-order valence-electron chi connectivity index (χ4n) is 16.0. The number of alkyl halides is 4. The first-order valence-corrected chi connectivity index (χ1v) is 54.6. The Bertz CT molecular complexity index is 6530. The summed E-state index contributed by atoms with van der Waals surface area (Å²) in [6.45, 7) is -28.5. The van der Waals surface area contributed by atoms with Gasteiger partial charge in [0.25, 0.3) is 16.7 Å². The zero-order valence-electron chi connectivity index (χ0n) is 66.5. The fraction of sp³-hybridized carbons (Fsp3) is 0.532. The number of fused-ring (bicyclic) bond motifs is 15. The Balaban J connectivity index is 0.000000129. The zero-order valence-corrected chi connectivity index (χ0v) is 76.8. The van der Waals surface area contributed by atoms with Crippen molar-refractivity contribution in [2.24, 2.45) is 15.0 Å². The van der Waals surface area contributed by atoms with E-state index < -0.39 is 219 Å². The molecule has 9 aromatic heterocycles. The van der Waals surface area contributed by atoms with Gasteiger partial charge in [-0.3, -0.25) is 93.7 Å². The van der Waals surface area contributed by atoms with Crippen LogP contribution in [0, 0.1) is 0 Å². The first-order chi connectivity index (χ1) is 63.1. The molecule has 21 heterocycles. The molecule has 12 aliphatic heterocycles. The molecule has 0 saturated carbocycles. The topological polar surface area (TPSA) is 708 Å². The molecule has 9 fully saturated rings. The van der Waals surface area contributed by atoms with Gasteiger partial charge in [-0.2, -0.15) is 19.6 Å². The summed E-state index contributed by atoms with van der Waals surface area (Å²) in [5.41, 5.74) is 15.1. The summed E-state index contributed by atoms with van der Waals surface area (Å²) in [6, 6.07) is 0. The third-order valence-corrected chi connectivity index (χ3v) is 31.3. The molecular weight excluding hydrogens is 2030 g/mol. The van der Waals surface area contributed by atoms with Gasteiger partial charge in [-0.05, 0) is 59.0 Å². The van der Waals surface area contributed by atoms with Crippen molar-refractivity contribution in [3.63, 3.8) is 0 Å². The first-order valence-electron chi connectivity index (χ1n) is 39.0. The molecule has 9 saturated heterocycles. The number of thiol groups is 1. The van der Waals surface area contributed by atoms with Crippen molar-refractivity contribution in [3.05, 3.63) is 79.8 Å². The number of anilines is 3. The highest BCUT2D eigenvalue weighted by Gasteiger charge is 2.58. The molecule has 6 bridgehead atoms. The second-order valence-corrected chi connectivity index (χ2v) is 47.3. The van der Waals surface area contributed by atoms with Gasteiger partial charge in [0.1, 0.15) is 61.0 Å². The molecule has 0 radical (unpaired) electrons. The van der Waals surface area contributed by atoms with Gasteiger partial charge >= 0.3 is 40.4 Å². The lowest BCUT2D eigenvalue weighted by Crippen LogP contribution is -2.34. The van der Waals surface area contributed by atoms with Gasteiger partial charge in [0.05, 0.1) is 83.5 Å². The van der Waals surface area contributed by atoms with Gasteiger partial charge in [0, 0.05) is 50.7 Å². The standard InChI is InChI=1S/C21H22F2N8O10P2S2.C21H23FN8O10P2S2.C20H22FN9O10P2S2/c22-10-8-3-36-42(34,44)40-14-9(39-19(11(14)23)30-5-26-12-7(32)1-2-25-16(12)30)4-37-43(35,45)41-15(10)20(38-8)31-6-27-13-17(31)28-21(24)29-18(13)33;22-12-15-11(38-20(12)29-6-25-13-9(31)1-2-24-16(13)29)5-36-41(33,43)39-10-3-8(4-35-42(34,44)40-15)37-19(10)30-7-26-14-17(30)27-21(23)28-18(14)32;21-11-14-10(38-19(11)30-15-12(27-28-30)8(31)1-2-23-15)5-36-41(33,43)39-9-3-7(4-35-42(34,44)40-14)37-18(9)29-6-24-13-16(29)25-20(22)26-17(13)32/h2,5-6,8-11,14-15,19-20H,1,3-4H2,(H,34,44)(H,35,45)(H3,24,28,29,33);2,6-8,10-12,15,19-20H,1,3-5H2,(H,33,43)(H,34,44)(H3,23,27,28,32);2,6-7,9-11,14,18-19H,1,3-5H2,(H,33,43)(H,34,44)(H3,22,25,26,32)/t8-,9-,10-,11+,14-,15-,19-,20-,42?,43?;8-,10+,11+,12-,15+,19+,20+,41?,42?;7-,9+,10+,11-,14+,18+,19+,41?,42?/m100/s1. The summed E-state index contributed by atoms with van der Waals surface area (Å²) in [6.07, 6.45) is -21.7. The van der Waals surface area contributed by atoms with Crippen LogP contribution in [0.15, 0.2) is 61.0 Å². The number of ether oxygens (including phenoxy) is 6. The SMILES string of the molecule is Nc1nc2c(ncn2[C@@H]2O[C@@H]3COP(O)(=S)O[C@H]4[C@H](F)[C@H](n5cnc6c5N=CCC6=O)O[C@@H]4COP(=O)(S)O[C@@H]2C3)c(=O)[nH]1.Nc1nc2c(ncn2[C@@H]2O[C@@H]3COP(O)(=S)O[C@H]4[C@H](F)[C@H](n5cnc6c5N=CCC6=O)O[C@@H]4COP(O)(=S)O[C@@H]2[C@@H]3F)c(=O)[nH]1.Nc1nc2c(ncn2[C@@H]2O[C@@H]3COP(O)(=S)O[C@H]4[C@H](F)[C@H](n5nnc6c5N=CCC6=O)O[C@@H]4COP(O)(=S)O[C@@H]2C3)c(=O)[nH]1. The Hall–Kier alpha value is -7.34. The van der Waals surface area contributed by atoms with Gasteiger partial charge in [-0.25, -0.2) is 62.0 Å². The van der Waals surface area contributed by atoms with Gasteiger partial charge in [0.2, 0.25) is 17.8 Å². The van der Waals surface area contributed by atoms with E-state index in [0.29, 0.717) is 0 Å². The van der Waals surface area contributed by atoms with Crippen molar-refractivity contribution < 1.29 is 144 Å². The molecule has 714 valence electrons. The molecule has 9 aromatic rings. The van der Waals surface area contributed by atoms with E-state index in [-0.39, 0.29) is 149 Å². The van der Waals surface area contributed by atoms with Crippen LogP contribution in [0.5, 0.6) is 0 Å². The van der Waals surface area contributed by atoms with Crippen molar-refractivity contribution in [2.45, 2.75) is 167 Å². The monoisotopic (exact) mass is 2100 g/mol. The smallest absolute Gasteiger partial charge is 0.369 e. The predicted molar refractivity (Wildman–Crippen MR) is 460 cm³/mol. The third-order valence-electron chi connectivity index (χ3n) is 21.8. The second-order valence-electron chi connectivity index (χ2n) is 30.5. The molecule has 0 amide bonds. The lowest BCUT2D eigenvalue weighted by Gasteiger charge is -2.27. The van der Waals surface area contributed by atoms with E-state index in [1.165, 1.54) is 62.2 Å². The lowest BCUT2D eigenvalue weighted by atomic mass is 10.1. The molecule has 21 rings (SSSR count). The van der Waals surface area contributed by atoms with E-state index in [4.69, 9.17) is 159 Å². The molecule has 14 N–H and O–H groups in total. The van der Waals surface area contributed by atoms with Gasteiger partial charge in [0.15, 0.2) is 147 Å². The van der Waals surface area contributed by atoms with Crippen LogP contribution < -0.4 is 33.9 Å². The molecule has 12 aliphatic rings. The number of nitrogens with zero attached hydrogens (tertiary/aromatic N) is 19. The quantitative estimate of drug-likeness (QED) is 0.0644. The third kappa shape index (κ3) is 18.9. The minimum atomic E-state index is -4.36. The van der Waals surface area contributed by atoms with Crippen LogP contribution in [-0.2, 0) is 146 Å². The highest BCUT2D eigenvalue weighted by atomic mass is 32.7. The van der Waals surface area contributed by atoms with Crippen LogP contribution in [0.3, 0.4) is 0 Å². The normalized spacial score (nSPS) is 38.1. The number of nitrogens with one attached hydrogen (secondary N) is 3. The molecular formula is C62H67F4N25O30P6S6. The number of halogens is 4. The predicted octanol–water partition coefficient (Wildman–Crippen LogP) is 2.15. The highest BCUT2D eigenvalue weighted by molar-refractivity contribution is 8.44. The summed E-state index contributed by atoms with van der Waals surface area (Å²) in [5.74, 6) is -1.50. The number of rotatable bonds is 6. The van der Waals surface area contributed by atoms with Crippen LogP contribution >= 0.6 is 52.6 Å². The van der Waals surface area contributed by atoms with Crippen molar-refractivity contribution in [3.8, 4) is 0 Å². The molecule has 0 aromatic carbocycles. The van der Waals surface area contributed by atoms with E-state index in [9.17, 15) is 57.8 Å².